The van der Waals surface area contributed by atoms with Gasteiger partial charge in [-0.25, -0.2) is 0 Å². The van der Waals surface area contributed by atoms with E-state index >= 15 is 0 Å². The number of phenolic OH excluding ortho intramolecular Hbond substituents is 1. The van der Waals surface area contributed by atoms with Crippen LogP contribution in [0.5, 0.6) is 5.75 Å². The van der Waals surface area contributed by atoms with Crippen molar-refractivity contribution in [3.8, 4) is 5.75 Å². The van der Waals surface area contributed by atoms with Crippen LogP contribution in [0, 0.1) is 5.92 Å². The molecule has 1 amide bonds. The van der Waals surface area contributed by atoms with Gasteiger partial charge in [0, 0.05) is 36.2 Å². The van der Waals surface area contributed by atoms with Crippen molar-refractivity contribution in [2.75, 3.05) is 30.7 Å². The quantitative estimate of drug-likeness (QED) is 0.289. The standard InChI is InChI=1S/C21H25N3O2S2/c25-19-9-5-4-8-18(19)23-20(26)16-10-13-24(14-11-16)21(27)22-12-15-28-17-6-2-1-3-7-17/h1-9,16,25H,10-15H2,(H,22,27)(H,23,26). The number of piperidine rings is 1. The van der Waals surface area contributed by atoms with Crippen molar-refractivity contribution < 1.29 is 9.90 Å². The Morgan fingerprint density at radius 3 is 2.50 bits per heavy atom. The number of thiocarbonyl (C=S) groups is 1. The van der Waals surface area contributed by atoms with Gasteiger partial charge < -0.3 is 20.6 Å². The minimum atomic E-state index is -0.0627. The molecule has 0 saturated carbocycles. The van der Waals surface area contributed by atoms with Gasteiger partial charge in [0.15, 0.2) is 5.11 Å². The van der Waals surface area contributed by atoms with Crippen molar-refractivity contribution in [3.05, 3.63) is 54.6 Å². The van der Waals surface area contributed by atoms with E-state index < -0.39 is 0 Å². The largest absolute Gasteiger partial charge is 0.506 e. The maximum atomic E-state index is 12.4. The van der Waals surface area contributed by atoms with Crippen molar-refractivity contribution in [2.45, 2.75) is 17.7 Å². The van der Waals surface area contributed by atoms with E-state index in [4.69, 9.17) is 12.2 Å². The Labute approximate surface area is 175 Å². The number of hydrogen-bond donors (Lipinski definition) is 3. The van der Waals surface area contributed by atoms with Gasteiger partial charge in [-0.05, 0) is 49.3 Å². The summed E-state index contributed by atoms with van der Waals surface area (Å²) in [6, 6.07) is 17.1. The number of benzene rings is 2. The van der Waals surface area contributed by atoms with Crippen LogP contribution in [0.15, 0.2) is 59.5 Å². The van der Waals surface area contributed by atoms with Crippen LogP contribution in [0.1, 0.15) is 12.8 Å². The molecule has 0 aromatic heterocycles. The Hall–Kier alpha value is -2.25. The summed E-state index contributed by atoms with van der Waals surface area (Å²) in [5, 5.41) is 16.7. The van der Waals surface area contributed by atoms with E-state index in [9.17, 15) is 9.90 Å². The molecule has 1 fully saturated rings. The van der Waals surface area contributed by atoms with Gasteiger partial charge >= 0.3 is 0 Å². The molecule has 3 rings (SSSR count). The zero-order chi connectivity index (χ0) is 19.8. The summed E-state index contributed by atoms with van der Waals surface area (Å²) in [6.07, 6.45) is 1.50. The zero-order valence-corrected chi connectivity index (χ0v) is 17.3. The minimum Gasteiger partial charge on any atom is -0.506 e. The smallest absolute Gasteiger partial charge is 0.227 e. The highest BCUT2D eigenvalue weighted by molar-refractivity contribution is 7.99. The second-order valence-corrected chi connectivity index (χ2v) is 8.22. The first-order valence-corrected chi connectivity index (χ1v) is 10.8. The molecule has 0 unspecified atom stereocenters. The van der Waals surface area contributed by atoms with Gasteiger partial charge in [-0.1, -0.05) is 30.3 Å². The average Bonchev–Trinajstić information content (AvgIpc) is 2.73. The predicted octanol–water partition coefficient (Wildman–Crippen LogP) is 3.71. The molecule has 7 heteroatoms. The van der Waals surface area contributed by atoms with Crippen LogP contribution in [0.4, 0.5) is 5.69 Å². The summed E-state index contributed by atoms with van der Waals surface area (Å²) in [7, 11) is 0. The Morgan fingerprint density at radius 2 is 1.79 bits per heavy atom. The van der Waals surface area contributed by atoms with Crippen LogP contribution in [0.3, 0.4) is 0 Å². The summed E-state index contributed by atoms with van der Waals surface area (Å²) in [4.78, 5) is 15.8. The lowest BCUT2D eigenvalue weighted by Gasteiger charge is -2.33. The molecule has 3 N–H and O–H groups in total. The number of aromatic hydroxyl groups is 1. The number of amides is 1. The van der Waals surface area contributed by atoms with Gasteiger partial charge in [0.05, 0.1) is 5.69 Å². The minimum absolute atomic E-state index is 0.0423. The SMILES string of the molecule is O=C(Nc1ccccc1O)C1CCN(C(=S)NCCSc2ccccc2)CC1. The number of likely N-dealkylation sites (tertiary alicyclic amines) is 1. The normalized spacial score (nSPS) is 14.5. The molecule has 0 radical (unpaired) electrons. The molecule has 1 aliphatic heterocycles. The van der Waals surface area contributed by atoms with E-state index in [-0.39, 0.29) is 17.6 Å². The number of carbonyl (C=O) groups is 1. The molecular formula is C21H25N3O2S2. The highest BCUT2D eigenvalue weighted by Crippen LogP contribution is 2.25. The Morgan fingerprint density at radius 1 is 1.11 bits per heavy atom. The van der Waals surface area contributed by atoms with E-state index in [1.165, 1.54) is 4.90 Å². The van der Waals surface area contributed by atoms with Crippen LogP contribution in [-0.4, -0.2) is 46.4 Å². The Kier molecular flexibility index (Phi) is 7.56. The molecule has 0 atom stereocenters. The van der Waals surface area contributed by atoms with E-state index in [0.29, 0.717) is 5.69 Å². The third-order valence-electron chi connectivity index (χ3n) is 4.71. The fourth-order valence-corrected chi connectivity index (χ4v) is 4.19. The molecule has 148 valence electrons. The average molecular weight is 416 g/mol. The predicted molar refractivity (Wildman–Crippen MR) is 119 cm³/mol. The first-order valence-electron chi connectivity index (χ1n) is 9.43. The monoisotopic (exact) mass is 415 g/mol. The van der Waals surface area contributed by atoms with Crippen molar-refractivity contribution >= 4 is 40.7 Å². The third-order valence-corrected chi connectivity index (χ3v) is 6.12. The highest BCUT2D eigenvalue weighted by atomic mass is 32.2. The molecule has 2 aromatic carbocycles. The molecule has 0 spiro atoms. The highest BCUT2D eigenvalue weighted by Gasteiger charge is 2.26. The second-order valence-electron chi connectivity index (χ2n) is 6.66. The molecule has 5 nitrogen and oxygen atoms in total. The van der Waals surface area contributed by atoms with E-state index in [1.54, 1.807) is 36.0 Å². The number of para-hydroxylation sites is 2. The zero-order valence-electron chi connectivity index (χ0n) is 15.6. The van der Waals surface area contributed by atoms with E-state index in [0.717, 1.165) is 43.3 Å². The Bertz CT molecular complexity index is 793. The van der Waals surface area contributed by atoms with Gasteiger partial charge in [0.25, 0.3) is 0 Å². The fourth-order valence-electron chi connectivity index (χ4n) is 3.11. The molecule has 0 aliphatic carbocycles. The van der Waals surface area contributed by atoms with Crippen LogP contribution in [0.25, 0.3) is 0 Å². The first-order chi connectivity index (χ1) is 13.6. The van der Waals surface area contributed by atoms with Gasteiger partial charge in [-0.15, -0.1) is 11.8 Å². The lowest BCUT2D eigenvalue weighted by atomic mass is 9.96. The van der Waals surface area contributed by atoms with Gasteiger partial charge in [-0.3, -0.25) is 4.79 Å². The molecule has 28 heavy (non-hydrogen) atoms. The summed E-state index contributed by atoms with van der Waals surface area (Å²) in [5.74, 6) is 0.933. The van der Waals surface area contributed by atoms with Crippen LogP contribution >= 0.6 is 24.0 Å². The number of anilines is 1. The van der Waals surface area contributed by atoms with Crippen molar-refractivity contribution in [3.63, 3.8) is 0 Å². The maximum Gasteiger partial charge on any atom is 0.227 e. The van der Waals surface area contributed by atoms with E-state index in [1.807, 2.05) is 18.2 Å². The number of rotatable bonds is 6. The van der Waals surface area contributed by atoms with Crippen LogP contribution < -0.4 is 10.6 Å². The van der Waals surface area contributed by atoms with Crippen molar-refractivity contribution in [1.29, 1.82) is 0 Å². The molecule has 1 heterocycles. The second kappa shape index (κ2) is 10.3. The summed E-state index contributed by atoms with van der Waals surface area (Å²) >= 11 is 7.30. The molecule has 1 aliphatic rings. The number of thioether (sulfide) groups is 1. The van der Waals surface area contributed by atoms with Crippen LogP contribution in [0.2, 0.25) is 0 Å². The summed E-state index contributed by atoms with van der Waals surface area (Å²) in [5.41, 5.74) is 0.461. The number of carbonyl (C=O) groups excluding carboxylic acids is 1. The Balaban J connectivity index is 1.36. The molecule has 2 aromatic rings. The molecule has 0 bridgehead atoms. The van der Waals surface area contributed by atoms with Gasteiger partial charge in [0.2, 0.25) is 5.91 Å². The number of nitrogens with zero attached hydrogens (tertiary/aromatic N) is 1. The number of phenols is 1. The third kappa shape index (κ3) is 5.87. The fraction of sp³-hybridized carbons (Fsp3) is 0.333. The maximum absolute atomic E-state index is 12.4. The van der Waals surface area contributed by atoms with Gasteiger partial charge in [-0.2, -0.15) is 0 Å². The van der Waals surface area contributed by atoms with E-state index in [2.05, 4.69) is 27.7 Å². The summed E-state index contributed by atoms with van der Waals surface area (Å²) in [6.45, 7) is 2.33. The van der Waals surface area contributed by atoms with Crippen molar-refractivity contribution in [2.24, 2.45) is 5.92 Å². The lowest BCUT2D eigenvalue weighted by Crippen LogP contribution is -2.46. The first kappa shape index (κ1) is 20.5. The molecular weight excluding hydrogens is 390 g/mol. The van der Waals surface area contributed by atoms with Crippen LogP contribution in [-0.2, 0) is 4.79 Å². The van der Waals surface area contributed by atoms with Gasteiger partial charge in [0.1, 0.15) is 5.75 Å². The topological polar surface area (TPSA) is 64.6 Å². The molecule has 1 saturated heterocycles. The number of nitrogens with one attached hydrogen (secondary N) is 2. The lowest BCUT2D eigenvalue weighted by molar-refractivity contribution is -0.121. The summed E-state index contributed by atoms with van der Waals surface area (Å²) < 4.78 is 0. The number of hydrogen-bond acceptors (Lipinski definition) is 4. The van der Waals surface area contributed by atoms with Crippen molar-refractivity contribution in [1.82, 2.24) is 10.2 Å².